The van der Waals surface area contributed by atoms with Gasteiger partial charge in [-0.05, 0) is 13.0 Å². The molecule has 1 rings (SSSR count). The Morgan fingerprint density at radius 3 is 2.81 bits per heavy atom. The van der Waals surface area contributed by atoms with E-state index in [-0.39, 0.29) is 5.56 Å². The number of methoxy groups -OCH3 is 1. The molecule has 1 aromatic heterocycles. The lowest BCUT2D eigenvalue weighted by atomic mass is 10.1. The van der Waals surface area contributed by atoms with Crippen LogP contribution >= 0.6 is 0 Å². The zero-order chi connectivity index (χ0) is 15.7. The number of anilines is 1. The predicted molar refractivity (Wildman–Crippen MR) is 86.0 cm³/mol. The van der Waals surface area contributed by atoms with Gasteiger partial charge in [-0.15, -0.1) is 0 Å². The number of nitrogens with one attached hydrogen (secondary N) is 1. The zero-order valence-corrected chi connectivity index (χ0v) is 13.6. The molecule has 0 bridgehead atoms. The van der Waals surface area contributed by atoms with E-state index in [0.717, 1.165) is 31.6 Å². The summed E-state index contributed by atoms with van der Waals surface area (Å²) in [5.41, 5.74) is 0.763. The SMILES string of the molecule is CCCC(Cn1ncc(N(C)CCOC)cc1=O)NCC. The minimum Gasteiger partial charge on any atom is -0.383 e. The lowest BCUT2D eigenvalue weighted by molar-refractivity contribution is 0.206. The largest absolute Gasteiger partial charge is 0.383 e. The first kappa shape index (κ1) is 17.7. The number of hydrogen-bond acceptors (Lipinski definition) is 5. The molecule has 0 aromatic carbocycles. The van der Waals surface area contributed by atoms with Crippen LogP contribution in [-0.4, -0.2) is 49.7 Å². The second-order valence-electron chi connectivity index (χ2n) is 5.19. The fourth-order valence-corrected chi connectivity index (χ4v) is 2.23. The van der Waals surface area contributed by atoms with Gasteiger partial charge in [0.1, 0.15) is 0 Å². The van der Waals surface area contributed by atoms with Gasteiger partial charge in [-0.2, -0.15) is 5.10 Å². The summed E-state index contributed by atoms with van der Waals surface area (Å²) in [5.74, 6) is 0. The minimum atomic E-state index is -0.0595. The van der Waals surface area contributed by atoms with E-state index in [1.54, 1.807) is 19.4 Å². The van der Waals surface area contributed by atoms with Crippen LogP contribution in [0.25, 0.3) is 0 Å². The third-order valence-corrected chi connectivity index (χ3v) is 3.45. The molecule has 0 aliphatic carbocycles. The molecular formula is C15H28N4O2. The van der Waals surface area contributed by atoms with Crippen LogP contribution in [0.2, 0.25) is 0 Å². The minimum absolute atomic E-state index is 0.0595. The van der Waals surface area contributed by atoms with E-state index in [4.69, 9.17) is 4.74 Å². The molecule has 0 saturated carbocycles. The van der Waals surface area contributed by atoms with Crippen molar-refractivity contribution in [1.82, 2.24) is 15.1 Å². The van der Waals surface area contributed by atoms with Crippen molar-refractivity contribution >= 4 is 5.69 Å². The maximum absolute atomic E-state index is 12.2. The van der Waals surface area contributed by atoms with Crippen molar-refractivity contribution in [1.29, 1.82) is 0 Å². The average Bonchev–Trinajstić information content (AvgIpc) is 2.47. The van der Waals surface area contributed by atoms with Crippen molar-refractivity contribution in [3.63, 3.8) is 0 Å². The van der Waals surface area contributed by atoms with Gasteiger partial charge >= 0.3 is 0 Å². The molecule has 1 N–H and O–H groups in total. The van der Waals surface area contributed by atoms with Gasteiger partial charge < -0.3 is 15.0 Å². The molecule has 0 saturated heterocycles. The Bertz CT molecular complexity index is 455. The summed E-state index contributed by atoms with van der Waals surface area (Å²) >= 11 is 0. The summed E-state index contributed by atoms with van der Waals surface area (Å²) in [4.78, 5) is 14.1. The Hall–Kier alpha value is -1.40. The lowest BCUT2D eigenvalue weighted by Gasteiger charge is -2.20. The number of ether oxygens (including phenoxy) is 1. The van der Waals surface area contributed by atoms with Gasteiger partial charge in [0.25, 0.3) is 5.56 Å². The van der Waals surface area contributed by atoms with Crippen molar-refractivity contribution in [2.75, 3.05) is 38.8 Å². The first-order valence-electron chi connectivity index (χ1n) is 7.63. The molecule has 21 heavy (non-hydrogen) atoms. The molecule has 6 heteroatoms. The Morgan fingerprint density at radius 1 is 1.48 bits per heavy atom. The quantitative estimate of drug-likeness (QED) is 0.701. The van der Waals surface area contributed by atoms with E-state index < -0.39 is 0 Å². The van der Waals surface area contributed by atoms with Crippen LogP contribution in [-0.2, 0) is 11.3 Å². The molecule has 1 heterocycles. The second-order valence-corrected chi connectivity index (χ2v) is 5.19. The van der Waals surface area contributed by atoms with Gasteiger partial charge in [-0.1, -0.05) is 20.3 Å². The number of hydrogen-bond donors (Lipinski definition) is 1. The molecular weight excluding hydrogens is 268 g/mol. The van der Waals surface area contributed by atoms with Gasteiger partial charge in [-0.3, -0.25) is 4.79 Å². The highest BCUT2D eigenvalue weighted by Crippen LogP contribution is 2.07. The molecule has 1 unspecified atom stereocenters. The van der Waals surface area contributed by atoms with Crippen molar-refractivity contribution in [3.05, 3.63) is 22.6 Å². The monoisotopic (exact) mass is 296 g/mol. The van der Waals surface area contributed by atoms with Crippen molar-refractivity contribution in [2.24, 2.45) is 0 Å². The second kappa shape index (κ2) is 9.52. The summed E-state index contributed by atoms with van der Waals surface area (Å²) in [6, 6.07) is 1.93. The summed E-state index contributed by atoms with van der Waals surface area (Å²) in [5, 5.41) is 7.69. The Balaban J connectivity index is 2.75. The van der Waals surface area contributed by atoms with E-state index in [9.17, 15) is 4.79 Å². The van der Waals surface area contributed by atoms with Crippen LogP contribution in [0.1, 0.15) is 26.7 Å². The van der Waals surface area contributed by atoms with E-state index >= 15 is 0 Å². The molecule has 0 aliphatic heterocycles. The Morgan fingerprint density at radius 2 is 2.24 bits per heavy atom. The van der Waals surface area contributed by atoms with Gasteiger partial charge in [0.2, 0.25) is 0 Å². The van der Waals surface area contributed by atoms with Crippen LogP contribution < -0.4 is 15.8 Å². The molecule has 0 fully saturated rings. The third-order valence-electron chi connectivity index (χ3n) is 3.45. The van der Waals surface area contributed by atoms with Crippen LogP contribution in [0.3, 0.4) is 0 Å². The maximum Gasteiger partial charge on any atom is 0.268 e. The van der Waals surface area contributed by atoms with Crippen molar-refractivity contribution in [2.45, 2.75) is 39.3 Å². The van der Waals surface area contributed by atoms with E-state index in [2.05, 4.69) is 24.3 Å². The molecule has 6 nitrogen and oxygen atoms in total. The van der Waals surface area contributed by atoms with Gasteiger partial charge in [-0.25, -0.2) is 4.68 Å². The van der Waals surface area contributed by atoms with Crippen LogP contribution in [0.15, 0.2) is 17.1 Å². The van der Waals surface area contributed by atoms with E-state index in [0.29, 0.717) is 19.2 Å². The maximum atomic E-state index is 12.2. The number of aromatic nitrogens is 2. The van der Waals surface area contributed by atoms with Crippen LogP contribution in [0.5, 0.6) is 0 Å². The highest BCUT2D eigenvalue weighted by molar-refractivity contribution is 5.41. The molecule has 0 amide bonds. The van der Waals surface area contributed by atoms with Gasteiger partial charge in [0.15, 0.2) is 0 Å². The fraction of sp³-hybridized carbons (Fsp3) is 0.733. The predicted octanol–water partition coefficient (Wildman–Crippen LogP) is 1.10. The molecule has 120 valence electrons. The highest BCUT2D eigenvalue weighted by Gasteiger charge is 2.10. The summed E-state index contributed by atoms with van der Waals surface area (Å²) in [7, 11) is 3.59. The zero-order valence-electron chi connectivity index (χ0n) is 13.6. The first-order valence-corrected chi connectivity index (χ1v) is 7.63. The normalized spacial score (nSPS) is 12.4. The number of likely N-dealkylation sites (N-methyl/N-ethyl adjacent to an activating group) is 2. The van der Waals surface area contributed by atoms with Crippen LogP contribution in [0.4, 0.5) is 5.69 Å². The average molecular weight is 296 g/mol. The molecule has 0 radical (unpaired) electrons. The highest BCUT2D eigenvalue weighted by atomic mass is 16.5. The third kappa shape index (κ3) is 5.85. The topological polar surface area (TPSA) is 59.4 Å². The van der Waals surface area contributed by atoms with Crippen LogP contribution in [0, 0.1) is 0 Å². The molecule has 1 atom stereocenters. The van der Waals surface area contributed by atoms with Gasteiger partial charge in [0, 0.05) is 32.8 Å². The molecule has 0 spiro atoms. The summed E-state index contributed by atoms with van der Waals surface area (Å²) in [6.07, 6.45) is 3.87. The first-order chi connectivity index (χ1) is 10.1. The van der Waals surface area contributed by atoms with E-state index in [1.807, 2.05) is 11.9 Å². The molecule has 0 aliphatic rings. The van der Waals surface area contributed by atoms with Crippen molar-refractivity contribution in [3.8, 4) is 0 Å². The standard InChI is InChI=1S/C15H28N4O2/c1-5-7-13(16-6-2)12-19-15(20)10-14(11-17-19)18(3)8-9-21-4/h10-11,13,16H,5-9,12H2,1-4H3. The fourth-order valence-electron chi connectivity index (χ4n) is 2.23. The Labute approximate surface area is 127 Å². The smallest absolute Gasteiger partial charge is 0.268 e. The number of nitrogens with zero attached hydrogens (tertiary/aromatic N) is 3. The summed E-state index contributed by atoms with van der Waals surface area (Å²) < 4.78 is 6.58. The van der Waals surface area contributed by atoms with E-state index in [1.165, 1.54) is 4.68 Å². The van der Waals surface area contributed by atoms with Crippen molar-refractivity contribution < 1.29 is 4.74 Å². The molecule has 1 aromatic rings. The summed E-state index contributed by atoms with van der Waals surface area (Å²) in [6.45, 7) is 7.09. The van der Waals surface area contributed by atoms with Gasteiger partial charge in [0.05, 0.1) is 25.0 Å². The number of rotatable bonds is 10. The lowest BCUT2D eigenvalue weighted by Crippen LogP contribution is -2.37. The Kier molecular flexibility index (Phi) is 8.00.